The Morgan fingerprint density at radius 3 is 1.38 bits per heavy atom. The summed E-state index contributed by atoms with van der Waals surface area (Å²) in [5.41, 5.74) is 0. The predicted molar refractivity (Wildman–Crippen MR) is 104 cm³/mol. The molecule has 0 aromatic heterocycles. The largest absolute Gasteiger partial charge is 0.368 e. The van der Waals surface area contributed by atoms with Gasteiger partial charge in [0.1, 0.15) is 0 Å². The van der Waals surface area contributed by atoms with Crippen LogP contribution in [0.2, 0.25) is 0 Å². The molecule has 0 saturated carbocycles. The summed E-state index contributed by atoms with van der Waals surface area (Å²) in [5, 5.41) is 17.6. The van der Waals surface area contributed by atoms with Gasteiger partial charge in [0.2, 0.25) is 0 Å². The van der Waals surface area contributed by atoms with Crippen LogP contribution in [0.3, 0.4) is 0 Å². The molecule has 4 heteroatoms. The Morgan fingerprint density at radius 2 is 1.04 bits per heavy atom. The molecule has 24 heavy (non-hydrogen) atoms. The van der Waals surface area contributed by atoms with Crippen LogP contribution in [0.25, 0.3) is 0 Å². The van der Waals surface area contributed by atoms with Crippen molar-refractivity contribution in [3.8, 4) is 0 Å². The molecule has 0 amide bonds. The fraction of sp³-hybridized carbons (Fsp3) is 1.00. The van der Waals surface area contributed by atoms with Crippen LogP contribution in [-0.4, -0.2) is 48.3 Å². The van der Waals surface area contributed by atoms with Gasteiger partial charge in [0.05, 0.1) is 0 Å². The molecular weight excluding hydrogens is 302 g/mol. The third kappa shape index (κ3) is 24.1. The predicted octanol–water partition coefficient (Wildman–Crippen LogP) is 4.93. The Balaban J connectivity index is 0. The van der Waals surface area contributed by atoms with Gasteiger partial charge >= 0.3 is 0 Å². The molecule has 0 heterocycles. The van der Waals surface area contributed by atoms with Crippen LogP contribution in [0.15, 0.2) is 0 Å². The van der Waals surface area contributed by atoms with Crippen LogP contribution in [0, 0.1) is 0 Å². The number of hydrogen-bond donors (Lipinski definition) is 2. The van der Waals surface area contributed by atoms with Gasteiger partial charge in [-0.15, -0.1) is 0 Å². The first-order valence-electron chi connectivity index (χ1n) is 10.1. The lowest BCUT2D eigenvalue weighted by Crippen LogP contribution is -2.19. The average Bonchev–Trinajstić information content (AvgIpc) is 2.56. The first-order chi connectivity index (χ1) is 11.5. The number of aliphatic hydroxyl groups excluding tert-OH is 2. The van der Waals surface area contributed by atoms with Gasteiger partial charge in [-0.2, -0.15) is 0 Å². The maximum atomic E-state index is 8.78. The summed E-state index contributed by atoms with van der Waals surface area (Å²) < 4.78 is 4.66. The molecule has 148 valence electrons. The molecular formula is C20H45NO3. The maximum absolute atomic E-state index is 8.78. The van der Waals surface area contributed by atoms with E-state index in [2.05, 4.69) is 30.7 Å². The summed E-state index contributed by atoms with van der Waals surface area (Å²) in [4.78, 5) is 2.28. The lowest BCUT2D eigenvalue weighted by Gasteiger charge is -2.13. The maximum Gasteiger partial charge on any atom is 0.157 e. The topological polar surface area (TPSA) is 52.9 Å². The highest BCUT2D eigenvalue weighted by atomic mass is 16.7. The van der Waals surface area contributed by atoms with Gasteiger partial charge in [0, 0.05) is 0 Å². The molecule has 4 nitrogen and oxygen atoms in total. The Labute approximate surface area is 151 Å². The fourth-order valence-corrected chi connectivity index (χ4v) is 2.29. The van der Waals surface area contributed by atoms with Crippen LogP contribution < -0.4 is 0 Å². The second-order valence-electron chi connectivity index (χ2n) is 6.85. The van der Waals surface area contributed by atoms with Gasteiger partial charge in [0.25, 0.3) is 0 Å². The normalized spacial score (nSPS) is 13.5. The van der Waals surface area contributed by atoms with E-state index in [9.17, 15) is 0 Å². The van der Waals surface area contributed by atoms with Gasteiger partial charge in [0.15, 0.2) is 12.6 Å². The number of rotatable bonds is 15. The second-order valence-corrected chi connectivity index (χ2v) is 6.85. The van der Waals surface area contributed by atoms with Crippen molar-refractivity contribution in [2.75, 3.05) is 20.6 Å². The molecule has 2 unspecified atom stereocenters. The summed E-state index contributed by atoms with van der Waals surface area (Å²) in [7, 11) is 4.32. The molecule has 0 aliphatic heterocycles. The number of aliphatic hydroxyl groups is 2. The van der Waals surface area contributed by atoms with Crippen molar-refractivity contribution >= 4 is 0 Å². The van der Waals surface area contributed by atoms with E-state index in [-0.39, 0.29) is 0 Å². The highest BCUT2D eigenvalue weighted by Crippen LogP contribution is 2.10. The summed E-state index contributed by atoms with van der Waals surface area (Å²) in [6.45, 7) is 7.11. The van der Waals surface area contributed by atoms with Crippen molar-refractivity contribution in [3.05, 3.63) is 0 Å². The van der Waals surface area contributed by atoms with Gasteiger partial charge in [-0.25, -0.2) is 0 Å². The molecule has 0 aliphatic carbocycles. The Bertz CT molecular complexity index is 217. The second kappa shape index (κ2) is 20.9. The first-order valence-corrected chi connectivity index (χ1v) is 10.1. The third-order valence-electron chi connectivity index (χ3n) is 3.97. The first kappa shape index (κ1) is 26.1. The number of hydrogen-bond acceptors (Lipinski definition) is 4. The molecule has 0 aromatic carbocycles. The molecule has 2 atom stereocenters. The van der Waals surface area contributed by atoms with E-state index >= 15 is 0 Å². The number of unbranched alkanes of at least 4 members (excludes halogenated alkanes) is 9. The Kier molecular flexibility index (Phi) is 22.7. The monoisotopic (exact) mass is 347 g/mol. The van der Waals surface area contributed by atoms with Crippen molar-refractivity contribution in [3.63, 3.8) is 0 Å². The molecule has 0 fully saturated rings. The SMILES string of the molecule is CCC(O)OC(O)CC.CCCCCCCCCCCCN(C)C. The number of nitrogens with zero attached hydrogens (tertiary/aromatic N) is 1. The third-order valence-corrected chi connectivity index (χ3v) is 3.97. The Hall–Kier alpha value is -0.160. The summed E-state index contributed by atoms with van der Waals surface area (Å²) in [6, 6.07) is 0. The van der Waals surface area contributed by atoms with Crippen LogP contribution in [0.1, 0.15) is 97.8 Å². The van der Waals surface area contributed by atoms with E-state index in [1.54, 1.807) is 13.8 Å². The zero-order valence-corrected chi connectivity index (χ0v) is 17.1. The fourth-order valence-electron chi connectivity index (χ4n) is 2.29. The van der Waals surface area contributed by atoms with E-state index < -0.39 is 12.6 Å². The summed E-state index contributed by atoms with van der Waals surface area (Å²) >= 11 is 0. The standard InChI is InChI=1S/C14H31N.C6H14O3/c1-4-5-6-7-8-9-10-11-12-13-14-15(2)3;1-3-5(7)9-6(8)4-2/h4-14H2,1-3H3;5-8H,3-4H2,1-2H3. The molecule has 0 saturated heterocycles. The zero-order chi connectivity index (χ0) is 18.6. The highest BCUT2D eigenvalue weighted by molar-refractivity contribution is 4.49. The summed E-state index contributed by atoms with van der Waals surface area (Å²) in [6.07, 6.45) is 13.7. The molecule has 2 N–H and O–H groups in total. The average molecular weight is 348 g/mol. The van der Waals surface area contributed by atoms with Crippen molar-refractivity contribution in [1.29, 1.82) is 0 Å². The van der Waals surface area contributed by atoms with Crippen molar-refractivity contribution in [2.45, 2.75) is 110 Å². The minimum Gasteiger partial charge on any atom is -0.368 e. The van der Waals surface area contributed by atoms with E-state index in [4.69, 9.17) is 10.2 Å². The molecule has 0 bridgehead atoms. The van der Waals surface area contributed by atoms with E-state index in [0.717, 1.165) is 0 Å². The van der Waals surface area contributed by atoms with Crippen LogP contribution >= 0.6 is 0 Å². The van der Waals surface area contributed by atoms with Crippen LogP contribution in [-0.2, 0) is 4.74 Å². The molecule has 0 aromatic rings. The minimum absolute atomic E-state index is 0.511. The number of ether oxygens (including phenoxy) is 1. The van der Waals surface area contributed by atoms with Crippen molar-refractivity contribution < 1.29 is 14.9 Å². The summed E-state index contributed by atoms with van der Waals surface area (Å²) in [5.74, 6) is 0. The van der Waals surface area contributed by atoms with Crippen molar-refractivity contribution in [2.24, 2.45) is 0 Å². The van der Waals surface area contributed by atoms with E-state index in [0.29, 0.717) is 12.8 Å². The van der Waals surface area contributed by atoms with E-state index in [1.807, 2.05) is 0 Å². The van der Waals surface area contributed by atoms with E-state index in [1.165, 1.54) is 70.8 Å². The lowest BCUT2D eigenvalue weighted by atomic mass is 10.1. The molecule has 0 rings (SSSR count). The van der Waals surface area contributed by atoms with Crippen LogP contribution in [0.5, 0.6) is 0 Å². The minimum atomic E-state index is -0.819. The Morgan fingerprint density at radius 1 is 0.667 bits per heavy atom. The van der Waals surface area contributed by atoms with Gasteiger partial charge < -0.3 is 19.8 Å². The smallest absolute Gasteiger partial charge is 0.157 e. The molecule has 0 aliphatic rings. The highest BCUT2D eigenvalue weighted by Gasteiger charge is 2.05. The van der Waals surface area contributed by atoms with Crippen LogP contribution in [0.4, 0.5) is 0 Å². The quantitative estimate of drug-likeness (QED) is 0.326. The molecule has 0 radical (unpaired) electrons. The lowest BCUT2D eigenvalue weighted by molar-refractivity contribution is -0.208. The van der Waals surface area contributed by atoms with Crippen molar-refractivity contribution in [1.82, 2.24) is 4.90 Å². The van der Waals surface area contributed by atoms with Gasteiger partial charge in [-0.05, 0) is 39.9 Å². The van der Waals surface area contributed by atoms with Gasteiger partial charge in [-0.1, -0.05) is 78.6 Å². The molecule has 0 spiro atoms. The van der Waals surface area contributed by atoms with Gasteiger partial charge in [-0.3, -0.25) is 0 Å². The zero-order valence-electron chi connectivity index (χ0n) is 17.1.